The molecule has 0 saturated heterocycles. The molecule has 0 fully saturated rings. The summed E-state index contributed by atoms with van der Waals surface area (Å²) in [6.45, 7) is 7.81. The van der Waals surface area contributed by atoms with Crippen LogP contribution in [0.1, 0.15) is 36.8 Å². The molecule has 0 aliphatic carbocycles. The van der Waals surface area contributed by atoms with Crippen molar-refractivity contribution in [3.63, 3.8) is 0 Å². The average Bonchev–Trinajstić information content (AvgIpc) is 2.38. The van der Waals surface area contributed by atoms with Gasteiger partial charge in [-0.15, -0.1) is 0 Å². The number of aromatic nitrogens is 2. The summed E-state index contributed by atoms with van der Waals surface area (Å²) in [4.78, 5) is 20.8. The van der Waals surface area contributed by atoms with E-state index in [1.54, 1.807) is 0 Å². The molecule has 1 aromatic carbocycles. The minimum absolute atomic E-state index is 0.0196. The number of halogens is 2. The molecular weight excluding hydrogens is 337 g/mol. The number of nitrogens with one attached hydrogen (secondary N) is 1. The molecule has 2 aromatic rings. The van der Waals surface area contributed by atoms with Crippen LogP contribution in [-0.2, 0) is 0 Å². The van der Waals surface area contributed by atoms with E-state index in [1.807, 2.05) is 27.7 Å². The molecule has 2 rings (SSSR count). The Hall–Kier alpha value is -1.56. The van der Waals surface area contributed by atoms with Gasteiger partial charge in [0.05, 0.1) is 22.1 Å². The number of nitrogens with zero attached hydrogens (tertiary/aromatic N) is 2. The highest BCUT2D eigenvalue weighted by molar-refractivity contribution is 9.09. The van der Waals surface area contributed by atoms with Crippen molar-refractivity contribution in [1.29, 1.82) is 0 Å². The number of rotatable bonds is 3. The predicted molar refractivity (Wildman–Crippen MR) is 85.7 cm³/mol. The lowest BCUT2D eigenvalue weighted by Gasteiger charge is -2.22. The summed E-state index contributed by atoms with van der Waals surface area (Å²) in [6.07, 6.45) is 0. The molecule has 0 unspecified atom stereocenters. The number of Topliss-reactive ketones (excluding diaryl/α,β-unsaturated/α-hetero) is 1. The lowest BCUT2D eigenvalue weighted by atomic mass is 10.1. The summed E-state index contributed by atoms with van der Waals surface area (Å²) in [5.74, 6) is -0.367. The Morgan fingerprint density at radius 3 is 2.57 bits per heavy atom. The third-order valence-corrected chi connectivity index (χ3v) is 3.36. The van der Waals surface area contributed by atoms with Crippen LogP contribution in [0.25, 0.3) is 11.0 Å². The number of alkyl halides is 1. The van der Waals surface area contributed by atoms with Crippen LogP contribution in [0.4, 0.5) is 10.2 Å². The maximum atomic E-state index is 14.0. The molecule has 0 aliphatic rings. The van der Waals surface area contributed by atoms with Crippen LogP contribution in [0.2, 0.25) is 0 Å². The molecule has 1 N–H and O–H groups in total. The van der Waals surface area contributed by atoms with Gasteiger partial charge in [-0.05, 0) is 39.8 Å². The van der Waals surface area contributed by atoms with Crippen LogP contribution in [0.3, 0.4) is 0 Å². The maximum Gasteiger partial charge on any atom is 0.178 e. The molecule has 0 amide bonds. The largest absolute Gasteiger partial charge is 0.364 e. The monoisotopic (exact) mass is 353 g/mol. The summed E-state index contributed by atoms with van der Waals surface area (Å²) in [6, 6.07) is 2.79. The third-order valence-electron chi connectivity index (χ3n) is 2.85. The second-order valence-electron chi connectivity index (χ2n) is 5.88. The molecule has 1 aromatic heterocycles. The Labute approximate surface area is 131 Å². The van der Waals surface area contributed by atoms with E-state index >= 15 is 0 Å². The SMILES string of the molecule is Cc1nc2ccc(F)c(C(=O)CBr)c2nc1NC(C)(C)C. The van der Waals surface area contributed by atoms with Crippen molar-refractivity contribution in [2.24, 2.45) is 0 Å². The van der Waals surface area contributed by atoms with Gasteiger partial charge in [-0.3, -0.25) is 4.79 Å². The van der Waals surface area contributed by atoms with Crippen LogP contribution >= 0.6 is 15.9 Å². The van der Waals surface area contributed by atoms with Crippen molar-refractivity contribution in [1.82, 2.24) is 9.97 Å². The summed E-state index contributed by atoms with van der Waals surface area (Å²) < 4.78 is 14.0. The zero-order valence-corrected chi connectivity index (χ0v) is 14.0. The lowest BCUT2D eigenvalue weighted by molar-refractivity contribution is 0.102. The highest BCUT2D eigenvalue weighted by atomic mass is 79.9. The first kappa shape index (κ1) is 15.8. The first-order chi connectivity index (χ1) is 9.73. The van der Waals surface area contributed by atoms with Gasteiger partial charge < -0.3 is 5.32 Å². The molecule has 4 nitrogen and oxygen atoms in total. The predicted octanol–water partition coefficient (Wildman–Crippen LogP) is 3.87. The summed E-state index contributed by atoms with van der Waals surface area (Å²) in [5, 5.41) is 3.27. The maximum absolute atomic E-state index is 14.0. The van der Waals surface area contributed by atoms with Gasteiger partial charge >= 0.3 is 0 Å². The van der Waals surface area contributed by atoms with Crippen molar-refractivity contribution in [2.45, 2.75) is 33.2 Å². The topological polar surface area (TPSA) is 54.9 Å². The molecule has 0 aliphatic heterocycles. The van der Waals surface area contributed by atoms with Gasteiger partial charge in [0.15, 0.2) is 5.78 Å². The minimum atomic E-state index is -0.577. The Kier molecular flexibility index (Phi) is 4.27. The number of ketones is 1. The lowest BCUT2D eigenvalue weighted by Crippen LogP contribution is -2.27. The van der Waals surface area contributed by atoms with Crippen LogP contribution < -0.4 is 5.32 Å². The second kappa shape index (κ2) is 5.67. The van der Waals surface area contributed by atoms with Crippen LogP contribution in [-0.4, -0.2) is 26.6 Å². The summed E-state index contributed by atoms with van der Waals surface area (Å²) >= 11 is 3.07. The number of aryl methyl sites for hydroxylation is 1. The van der Waals surface area contributed by atoms with Crippen LogP contribution in [0.15, 0.2) is 12.1 Å². The van der Waals surface area contributed by atoms with Gasteiger partial charge in [-0.2, -0.15) is 0 Å². The van der Waals surface area contributed by atoms with Gasteiger partial charge in [0.1, 0.15) is 17.2 Å². The number of carbonyl (C=O) groups is 1. The fourth-order valence-electron chi connectivity index (χ4n) is 1.99. The summed E-state index contributed by atoms with van der Waals surface area (Å²) in [7, 11) is 0. The quantitative estimate of drug-likeness (QED) is 0.672. The number of anilines is 1. The molecule has 1 heterocycles. The van der Waals surface area contributed by atoms with Crippen LogP contribution in [0, 0.1) is 12.7 Å². The molecular formula is C15H17BrFN3O. The fourth-order valence-corrected chi connectivity index (χ4v) is 2.27. The second-order valence-corrected chi connectivity index (χ2v) is 6.44. The molecule has 0 saturated carbocycles. The normalized spacial score (nSPS) is 11.7. The van der Waals surface area contributed by atoms with E-state index in [0.29, 0.717) is 17.0 Å². The Bertz CT molecular complexity index is 710. The fraction of sp³-hybridized carbons (Fsp3) is 0.400. The van der Waals surface area contributed by atoms with Crippen molar-refractivity contribution in [3.05, 3.63) is 29.2 Å². The average molecular weight is 354 g/mol. The van der Waals surface area contributed by atoms with E-state index in [-0.39, 0.29) is 27.7 Å². The Balaban J connectivity index is 2.71. The zero-order chi connectivity index (χ0) is 15.8. The molecule has 0 atom stereocenters. The van der Waals surface area contributed by atoms with E-state index < -0.39 is 5.82 Å². The number of benzene rings is 1. The van der Waals surface area contributed by atoms with E-state index in [4.69, 9.17) is 0 Å². The molecule has 21 heavy (non-hydrogen) atoms. The van der Waals surface area contributed by atoms with Crippen LogP contribution in [0.5, 0.6) is 0 Å². The van der Waals surface area contributed by atoms with Gasteiger partial charge in [0.25, 0.3) is 0 Å². The van der Waals surface area contributed by atoms with Gasteiger partial charge in [0.2, 0.25) is 0 Å². The van der Waals surface area contributed by atoms with Gasteiger partial charge in [-0.1, -0.05) is 15.9 Å². The van der Waals surface area contributed by atoms with Crippen molar-refractivity contribution in [2.75, 3.05) is 10.6 Å². The Morgan fingerprint density at radius 2 is 2.00 bits per heavy atom. The number of hydrogen-bond acceptors (Lipinski definition) is 4. The minimum Gasteiger partial charge on any atom is -0.364 e. The first-order valence-corrected chi connectivity index (χ1v) is 7.69. The van der Waals surface area contributed by atoms with Gasteiger partial charge in [-0.25, -0.2) is 14.4 Å². The molecule has 112 valence electrons. The standard InChI is InChI=1S/C15H17BrFN3O/c1-8-14(20-15(2,3)4)19-13-10(18-8)6-5-9(17)12(13)11(21)7-16/h5-6H,7H2,1-4H3,(H,19,20). The van der Waals surface area contributed by atoms with Gasteiger partial charge in [0, 0.05) is 5.54 Å². The van der Waals surface area contributed by atoms with Crippen molar-refractivity contribution < 1.29 is 9.18 Å². The number of fused-ring (bicyclic) bond motifs is 1. The number of carbonyl (C=O) groups excluding carboxylic acids is 1. The zero-order valence-electron chi connectivity index (χ0n) is 12.4. The third kappa shape index (κ3) is 3.37. The van der Waals surface area contributed by atoms with E-state index in [2.05, 4.69) is 31.2 Å². The molecule has 6 heteroatoms. The van der Waals surface area contributed by atoms with Crippen molar-refractivity contribution >= 4 is 38.6 Å². The molecule has 0 spiro atoms. The number of hydrogen-bond donors (Lipinski definition) is 1. The van der Waals surface area contributed by atoms with E-state index in [1.165, 1.54) is 12.1 Å². The molecule has 0 radical (unpaired) electrons. The highest BCUT2D eigenvalue weighted by Gasteiger charge is 2.19. The smallest absolute Gasteiger partial charge is 0.178 e. The van der Waals surface area contributed by atoms with E-state index in [0.717, 1.165) is 0 Å². The molecule has 0 bridgehead atoms. The Morgan fingerprint density at radius 1 is 1.33 bits per heavy atom. The summed E-state index contributed by atoms with van der Waals surface area (Å²) in [5.41, 5.74) is 1.28. The first-order valence-electron chi connectivity index (χ1n) is 6.57. The van der Waals surface area contributed by atoms with Crippen molar-refractivity contribution in [3.8, 4) is 0 Å². The highest BCUT2D eigenvalue weighted by Crippen LogP contribution is 2.24. The van der Waals surface area contributed by atoms with E-state index in [9.17, 15) is 9.18 Å².